The van der Waals surface area contributed by atoms with E-state index >= 15 is 0 Å². The van der Waals surface area contributed by atoms with E-state index in [1.807, 2.05) is 68.4 Å². The molecule has 6 nitrogen and oxygen atoms in total. The van der Waals surface area contributed by atoms with Crippen molar-refractivity contribution in [3.05, 3.63) is 94.6 Å². The van der Waals surface area contributed by atoms with Crippen LogP contribution in [0.5, 0.6) is 5.75 Å². The van der Waals surface area contributed by atoms with Gasteiger partial charge in [-0.3, -0.25) is 14.5 Å². The minimum atomic E-state index is -0.827. The number of unbranched alkanes of at least 4 members (excludes halogenated alkanes) is 2. The lowest BCUT2D eigenvalue weighted by Crippen LogP contribution is -2.29. The number of benzene rings is 3. The summed E-state index contributed by atoms with van der Waals surface area (Å²) in [4.78, 5) is 33.0. The Morgan fingerprint density at radius 1 is 0.974 bits per heavy atom. The predicted molar refractivity (Wildman–Crippen MR) is 152 cm³/mol. The second-order valence-electron chi connectivity index (χ2n) is 9.63. The lowest BCUT2D eigenvalue weighted by atomic mass is 9.95. The first-order chi connectivity index (χ1) is 18.4. The van der Waals surface area contributed by atoms with Crippen LogP contribution in [0.15, 0.2) is 72.3 Å². The molecule has 1 N–H and O–H groups in total. The molecule has 2 heterocycles. The van der Waals surface area contributed by atoms with Crippen LogP contribution in [0.1, 0.15) is 54.5 Å². The third-order valence-corrected chi connectivity index (χ3v) is 7.74. The lowest BCUT2D eigenvalue weighted by Gasteiger charge is -2.23. The minimum absolute atomic E-state index is 0.0471. The van der Waals surface area contributed by atoms with Gasteiger partial charge in [0.1, 0.15) is 11.5 Å². The van der Waals surface area contributed by atoms with Crippen LogP contribution in [0.2, 0.25) is 0 Å². The zero-order chi connectivity index (χ0) is 26.8. The van der Waals surface area contributed by atoms with Crippen LogP contribution in [-0.2, 0) is 9.59 Å². The maximum Gasteiger partial charge on any atom is 0.301 e. The summed E-state index contributed by atoms with van der Waals surface area (Å²) < 4.78 is 6.79. The van der Waals surface area contributed by atoms with Gasteiger partial charge in [-0.2, -0.15) is 0 Å². The first-order valence-electron chi connectivity index (χ1n) is 12.9. The number of thiazole rings is 1. The highest BCUT2D eigenvalue weighted by atomic mass is 32.1. The Hall–Kier alpha value is -3.97. The Balaban J connectivity index is 1.60. The number of aromatic nitrogens is 1. The molecule has 1 aliphatic rings. The number of aliphatic hydroxyl groups excluding tert-OH is 1. The summed E-state index contributed by atoms with van der Waals surface area (Å²) in [7, 11) is 0. The monoisotopic (exact) mass is 526 g/mol. The first-order valence-corrected chi connectivity index (χ1v) is 13.7. The standard InChI is InChI=1S/C31H30N2O4S/c1-4-5-6-17-37-23-14-12-21(13-15-23)27-26(28(34)22-10-7-19(2)8-11-22)29(35)30(36)33(27)31-32-24-16-9-20(3)18-25(24)38-31/h7-16,18,27,34H,4-6,17H2,1-3H3/t27-/m1/s1. The largest absolute Gasteiger partial charge is 0.507 e. The summed E-state index contributed by atoms with van der Waals surface area (Å²) in [6, 6.07) is 19.7. The van der Waals surface area contributed by atoms with E-state index in [0.717, 1.165) is 46.4 Å². The molecular formula is C31H30N2O4S. The summed E-state index contributed by atoms with van der Waals surface area (Å²) in [5.74, 6) is -0.925. The van der Waals surface area contributed by atoms with Gasteiger partial charge in [-0.1, -0.05) is 79.1 Å². The van der Waals surface area contributed by atoms with E-state index in [1.54, 1.807) is 12.1 Å². The van der Waals surface area contributed by atoms with E-state index in [9.17, 15) is 14.7 Å². The van der Waals surface area contributed by atoms with Crippen LogP contribution in [0, 0.1) is 13.8 Å². The van der Waals surface area contributed by atoms with Gasteiger partial charge in [0.15, 0.2) is 5.13 Å². The second kappa shape index (κ2) is 10.8. The zero-order valence-corrected chi connectivity index (χ0v) is 22.5. The Bertz CT molecular complexity index is 1520. The highest BCUT2D eigenvalue weighted by Gasteiger charge is 2.48. The number of amides is 1. The summed E-state index contributed by atoms with van der Waals surface area (Å²) >= 11 is 1.36. The van der Waals surface area contributed by atoms with E-state index in [1.165, 1.54) is 16.2 Å². The molecule has 0 saturated carbocycles. The van der Waals surface area contributed by atoms with Gasteiger partial charge in [-0.25, -0.2) is 4.98 Å². The predicted octanol–water partition coefficient (Wildman–Crippen LogP) is 7.11. The molecule has 0 bridgehead atoms. The molecule has 1 saturated heterocycles. The van der Waals surface area contributed by atoms with Crippen molar-refractivity contribution in [2.24, 2.45) is 0 Å². The van der Waals surface area contributed by atoms with Gasteiger partial charge in [0.25, 0.3) is 5.78 Å². The highest BCUT2D eigenvalue weighted by molar-refractivity contribution is 7.22. The van der Waals surface area contributed by atoms with E-state index in [2.05, 4.69) is 6.92 Å². The van der Waals surface area contributed by atoms with Gasteiger partial charge in [0, 0.05) is 5.56 Å². The molecule has 0 unspecified atom stereocenters. The zero-order valence-electron chi connectivity index (χ0n) is 21.7. The van der Waals surface area contributed by atoms with Crippen molar-refractivity contribution < 1.29 is 19.4 Å². The molecule has 7 heteroatoms. The van der Waals surface area contributed by atoms with Crippen LogP contribution in [-0.4, -0.2) is 28.4 Å². The average Bonchev–Trinajstić information content (AvgIpc) is 3.44. The molecular weight excluding hydrogens is 496 g/mol. The molecule has 0 radical (unpaired) electrons. The van der Waals surface area contributed by atoms with Gasteiger partial charge in [-0.15, -0.1) is 0 Å². The van der Waals surface area contributed by atoms with Crippen molar-refractivity contribution >= 4 is 44.1 Å². The molecule has 1 aromatic heterocycles. The van der Waals surface area contributed by atoms with Crippen LogP contribution in [0.25, 0.3) is 16.0 Å². The number of hydrogen-bond donors (Lipinski definition) is 1. The maximum atomic E-state index is 13.5. The molecule has 5 rings (SSSR count). The van der Waals surface area contributed by atoms with Gasteiger partial charge >= 0.3 is 5.91 Å². The van der Waals surface area contributed by atoms with Gasteiger partial charge < -0.3 is 9.84 Å². The van der Waals surface area contributed by atoms with Crippen LogP contribution in [0.4, 0.5) is 5.13 Å². The molecule has 3 aromatic carbocycles. The normalized spacial score (nSPS) is 16.9. The number of aliphatic hydroxyl groups is 1. The molecule has 4 aromatic rings. The minimum Gasteiger partial charge on any atom is -0.507 e. The van der Waals surface area contributed by atoms with E-state index in [-0.39, 0.29) is 11.3 Å². The molecule has 1 amide bonds. The number of anilines is 1. The third kappa shape index (κ3) is 4.94. The van der Waals surface area contributed by atoms with Gasteiger partial charge in [0.2, 0.25) is 0 Å². The molecule has 194 valence electrons. The number of fused-ring (bicyclic) bond motifs is 1. The average molecular weight is 527 g/mol. The molecule has 0 aliphatic carbocycles. The topological polar surface area (TPSA) is 79.7 Å². The fourth-order valence-corrected chi connectivity index (χ4v) is 5.71. The number of carbonyl (C=O) groups is 2. The maximum absolute atomic E-state index is 13.5. The summed E-state index contributed by atoms with van der Waals surface area (Å²) in [5, 5.41) is 11.7. The van der Waals surface area contributed by atoms with E-state index in [4.69, 9.17) is 9.72 Å². The van der Waals surface area contributed by atoms with Crippen molar-refractivity contribution in [1.82, 2.24) is 4.98 Å². The smallest absolute Gasteiger partial charge is 0.301 e. The van der Waals surface area contributed by atoms with E-state index in [0.29, 0.717) is 22.9 Å². The Morgan fingerprint density at radius 3 is 2.39 bits per heavy atom. The number of nitrogens with zero attached hydrogens (tertiary/aromatic N) is 2. The van der Waals surface area contributed by atoms with Crippen molar-refractivity contribution in [3.8, 4) is 5.75 Å². The van der Waals surface area contributed by atoms with Crippen molar-refractivity contribution in [2.45, 2.75) is 46.1 Å². The third-order valence-electron chi connectivity index (χ3n) is 6.72. The molecule has 1 fully saturated rings. The number of ether oxygens (including phenoxy) is 1. The first kappa shape index (κ1) is 25.7. The highest BCUT2D eigenvalue weighted by Crippen LogP contribution is 2.44. The van der Waals surface area contributed by atoms with Crippen LogP contribution in [0.3, 0.4) is 0 Å². The SMILES string of the molecule is CCCCCOc1ccc([C@@H]2C(=C(O)c3ccc(C)cc3)C(=O)C(=O)N2c2nc3ccc(C)cc3s2)cc1. The van der Waals surface area contributed by atoms with Crippen molar-refractivity contribution in [3.63, 3.8) is 0 Å². The number of carbonyl (C=O) groups excluding carboxylic acids is 2. The van der Waals surface area contributed by atoms with Crippen LogP contribution < -0.4 is 9.64 Å². The summed E-state index contributed by atoms with van der Waals surface area (Å²) in [6.45, 7) is 6.72. The Kier molecular flexibility index (Phi) is 7.29. The number of aryl methyl sites for hydroxylation is 2. The van der Waals surface area contributed by atoms with E-state index < -0.39 is 17.7 Å². The molecule has 1 aliphatic heterocycles. The molecule has 1 atom stereocenters. The Morgan fingerprint density at radius 2 is 1.68 bits per heavy atom. The number of Topliss-reactive ketones (excluding diaryl/α,β-unsaturated/α-hetero) is 1. The lowest BCUT2D eigenvalue weighted by molar-refractivity contribution is -0.132. The Labute approximate surface area is 226 Å². The number of ketones is 1. The van der Waals surface area contributed by atoms with Gasteiger partial charge in [0.05, 0.1) is 28.4 Å². The van der Waals surface area contributed by atoms with Crippen molar-refractivity contribution in [1.29, 1.82) is 0 Å². The summed E-state index contributed by atoms with van der Waals surface area (Å²) in [5.41, 5.74) is 4.08. The fourth-order valence-electron chi connectivity index (χ4n) is 4.62. The number of hydrogen-bond acceptors (Lipinski definition) is 6. The molecule has 0 spiro atoms. The van der Waals surface area contributed by atoms with Crippen LogP contribution >= 0.6 is 11.3 Å². The van der Waals surface area contributed by atoms with Gasteiger partial charge in [-0.05, 0) is 55.7 Å². The quantitative estimate of drug-likeness (QED) is 0.115. The summed E-state index contributed by atoms with van der Waals surface area (Å²) in [6.07, 6.45) is 3.20. The van der Waals surface area contributed by atoms with Crippen molar-refractivity contribution in [2.75, 3.05) is 11.5 Å². The molecule has 38 heavy (non-hydrogen) atoms. The number of rotatable bonds is 8. The fraction of sp³-hybridized carbons (Fsp3) is 0.258. The second-order valence-corrected chi connectivity index (χ2v) is 10.6.